The number of rotatable bonds is 13. The van der Waals surface area contributed by atoms with E-state index in [4.69, 9.17) is 14.6 Å². The maximum atomic E-state index is 4.91. The molecule has 45 rings (SSSR count). The number of aryl methyl sites for hydroxylation is 1. The molecule has 6 bridgehead atoms. The summed E-state index contributed by atoms with van der Waals surface area (Å²) in [6.07, 6.45) is 17.7. The van der Waals surface area contributed by atoms with E-state index in [1.807, 2.05) is 5.30 Å². The van der Waals surface area contributed by atoms with Gasteiger partial charge in [-0.3, -0.25) is 0 Å². The van der Waals surface area contributed by atoms with Crippen molar-refractivity contribution in [3.05, 3.63) is 370 Å². The van der Waals surface area contributed by atoms with Gasteiger partial charge in [-0.25, -0.2) is 0 Å². The summed E-state index contributed by atoms with van der Waals surface area (Å²) in [5, 5.41) is 5.44. The number of nitrogens with zero attached hydrogens (tertiary/aromatic N) is 4. The van der Waals surface area contributed by atoms with Gasteiger partial charge in [-0.2, -0.15) is 0 Å². The summed E-state index contributed by atoms with van der Waals surface area (Å²) >= 11 is 0. The van der Waals surface area contributed by atoms with Crippen LogP contribution in [0.3, 0.4) is 0 Å². The molecule has 29 aliphatic heterocycles. The Morgan fingerprint density at radius 3 is 1.13 bits per heavy atom. The van der Waals surface area contributed by atoms with Crippen LogP contribution in [0.4, 0.5) is 62.6 Å². The van der Waals surface area contributed by atoms with E-state index < -0.39 is 38.0 Å². The topological polar surface area (TPSA) is 49.1 Å². The van der Waals surface area contributed by atoms with Crippen molar-refractivity contribution in [1.29, 1.82) is 0 Å². The Morgan fingerprint density at radius 2 is 0.659 bits per heavy atom. The number of nitrogens with one attached hydrogen (secondary N) is 3. The van der Waals surface area contributed by atoms with Gasteiger partial charge in [0.15, 0.2) is 0 Å². The number of hydrogen-bond acceptors (Lipinski definition) is 7. The molecule has 7 nitrogen and oxygen atoms in total. The minimum atomic E-state index is -1.90. The fourth-order valence-corrected chi connectivity index (χ4v) is 116. The van der Waals surface area contributed by atoms with Crippen LogP contribution < -0.4 is 110 Å². The molecular weight excluding hydrogens is 1750 g/mol. The molecule has 29 heterocycles. The van der Waals surface area contributed by atoms with E-state index >= 15 is 0 Å². The number of anilines is 11. The van der Waals surface area contributed by atoms with Crippen LogP contribution in [0, 0.1) is 6.92 Å². The van der Waals surface area contributed by atoms with Gasteiger partial charge in [0, 0.05) is 17.1 Å². The Balaban J connectivity index is 0.0000000754. The first-order chi connectivity index (χ1) is 67.9. The second-order valence-corrected chi connectivity index (χ2v) is 87.2. The molecule has 1 unspecified atom stereocenters. The summed E-state index contributed by atoms with van der Waals surface area (Å²) in [7, 11) is 0.951. The van der Waals surface area contributed by atoms with Crippen LogP contribution in [-0.4, -0.2) is 189 Å². The van der Waals surface area contributed by atoms with Crippen molar-refractivity contribution >= 4 is 359 Å². The second-order valence-electron chi connectivity index (χ2n) is 50.9. The molecule has 0 saturated carbocycles. The molecule has 0 aromatic heterocycles. The van der Waals surface area contributed by atoms with Crippen LogP contribution in [0.15, 0.2) is 364 Å². The van der Waals surface area contributed by atoms with Crippen molar-refractivity contribution in [2.75, 3.05) is 19.6 Å². The molecule has 138 heavy (non-hydrogen) atoms. The third-order valence-corrected chi connectivity index (χ3v) is 102. The Morgan fingerprint density at radius 1 is 0.290 bits per heavy atom. The van der Waals surface area contributed by atoms with E-state index in [1.165, 1.54) is 187 Å². The quantitative estimate of drug-likeness (QED) is 0.107. The molecule has 3 spiro atoms. The summed E-state index contributed by atoms with van der Waals surface area (Å²) in [6.45, 7) is 13.4. The molecule has 1 aliphatic carbocycles. The molecule has 15 aromatic carbocycles. The first-order valence-electron chi connectivity index (χ1n) is 54.0. The summed E-state index contributed by atoms with van der Waals surface area (Å²) in [5.41, 5.74) is 44.5. The van der Waals surface area contributed by atoms with Crippen LogP contribution >= 0.6 is 38.0 Å². The van der Waals surface area contributed by atoms with Crippen molar-refractivity contribution in [2.24, 2.45) is 0 Å². The fraction of sp³-hybridized carbons (Fsp3) is 0.0309. The summed E-state index contributed by atoms with van der Waals surface area (Å²) < 4.78 is 0. The molecule has 3 N–H and O–H groups in total. The number of para-hydroxylation sites is 5. The van der Waals surface area contributed by atoms with E-state index in [9.17, 15) is 0 Å². The van der Waals surface area contributed by atoms with Gasteiger partial charge in [-0.1, -0.05) is 77.8 Å². The second kappa shape index (κ2) is 23.0. The van der Waals surface area contributed by atoms with E-state index in [0.29, 0.717) is 80.6 Å². The van der Waals surface area contributed by atoms with Crippen LogP contribution in [0.1, 0.15) is 5.56 Å². The first-order valence-corrected chi connectivity index (χ1v) is 70.0. The van der Waals surface area contributed by atoms with Gasteiger partial charge < -0.3 is 4.90 Å². The van der Waals surface area contributed by atoms with E-state index in [2.05, 4.69) is 411 Å². The average molecular weight is 1830 g/mol. The van der Waals surface area contributed by atoms with Crippen LogP contribution in [0.25, 0.3) is 44.5 Å². The third kappa shape index (κ3) is 7.76. The number of benzene rings is 15. The molecule has 21 saturated heterocycles. The van der Waals surface area contributed by atoms with Gasteiger partial charge in [0.05, 0.1) is 0 Å². The van der Waals surface area contributed by atoms with Crippen molar-refractivity contribution in [3.8, 4) is 44.5 Å². The predicted octanol–water partition coefficient (Wildman–Crippen LogP) is 5.35. The normalized spacial score (nSPS) is 26.1. The zero-order valence-electron chi connectivity index (χ0n) is 78.5. The standard InChI is InChI=1S/C25H18BN.2C24H20B9N2P2.C24H22B9N2P2/c1-17-13-15-18(16-14-17)27-23-11-5-4-10-22(23)26-21-9-3-2-7-19(21)20-8-6-12-24(27)25(20)26;1-2-11-20-18(9-1)19-10-6-14-23-24(19)28(20)21-12-3-4-13-22(21)35(23)16-7-5-8-17(15-16)36(29-25-30(36)33(29)36)34-37-26-31(37)32(37)27-37;1-2-10-18-16(8-1)17-9-7-14-22-24(17)28(18)19-11-3-4-12-20(19)35(22)21-13-5-6-15-23(21)36(29-25-30(36)33(29)36)34-37-26-31(37)32(37)27-37;1-2-8-16(9-3-1)35-21-13-7-6-12-20(21)28-19-11-5-4-10-17(19)18-14-15-22(24(35)23(18)28)36(29-25-30(36)33(29)36)34-37-26-31(37)32(37)27-37/h2-16H,1H3;2*1-15,34H,25-26H2;1-15,20-21,34H,25-26H2/q;3*-2/t;;;20?,21-/m...1/s1. The molecule has 41 heteroatoms. The van der Waals surface area contributed by atoms with Crippen molar-refractivity contribution < 1.29 is 0 Å². The van der Waals surface area contributed by atoms with Gasteiger partial charge in [-0.05, 0) is 53.2 Å². The number of fused-ring (bicyclic) bond motifs is 23. The van der Waals surface area contributed by atoms with E-state index in [1.54, 1.807) is 27.2 Å². The van der Waals surface area contributed by atoms with Gasteiger partial charge in [0.25, 0.3) is 0 Å². The molecule has 2 atom stereocenters. The Hall–Kier alpha value is -8.74. The van der Waals surface area contributed by atoms with E-state index in [-0.39, 0.29) is 0 Å². The van der Waals surface area contributed by atoms with Crippen LogP contribution in [-0.2, 0) is 0 Å². The van der Waals surface area contributed by atoms with Crippen molar-refractivity contribution in [3.63, 3.8) is 0 Å². The van der Waals surface area contributed by atoms with Gasteiger partial charge >= 0.3 is 666 Å². The molecule has 21 fully saturated rings. The molecular formula is C97H80B28N7P6-6. The monoisotopic (exact) mass is 1840 g/mol. The molecule has 15 aromatic rings. The Bertz CT molecular complexity index is 8600. The molecule has 3 radical (unpaired) electrons. The first kappa shape index (κ1) is 76.0. The van der Waals surface area contributed by atoms with Crippen molar-refractivity contribution in [2.45, 2.75) is 18.8 Å². The summed E-state index contributed by atoms with van der Waals surface area (Å²) in [6, 6.07) is 130. The summed E-state index contributed by atoms with van der Waals surface area (Å²) in [5.74, 6) is 0.477. The summed E-state index contributed by atoms with van der Waals surface area (Å²) in [4.78, 5) is 25.1. The average Bonchev–Trinajstić information content (AvgIpc) is 1.33. The minimum absolute atomic E-state index is 0.300. The SMILES string of the molecule is Cc1ccc(N2c3ccccc3B3c4ccccc4-c4cccc2c43)cc1.[B]1B2B3[BH2-]P123NP12(c3ccc4c5c3N(c3ccccc3)[C@@H]3C=CC=CC3B5c3ccccc3-4)B3[BH2-]B1B32.[B]1B2B3[BH2-]P123NP12(c3cccc(N4c5ccccc5B5c6ccccc6-c6cccc4c65)c3)B3[BH2-]B1B32.[B]1B2B3[BH2-]P123NP12(c3ccccc3N3c4ccccc4B4c5ccccc5-c5cccc3c54)B3[BH2-]B1B32. The fourth-order valence-electron chi connectivity index (χ4n) is 40.8. The van der Waals surface area contributed by atoms with Crippen LogP contribution in [0.2, 0.25) is 5.82 Å². The van der Waals surface area contributed by atoms with Crippen LogP contribution in [0.5, 0.6) is 0 Å². The van der Waals surface area contributed by atoms with E-state index in [0.717, 1.165) is 62.1 Å². The van der Waals surface area contributed by atoms with Gasteiger partial charge in [0.1, 0.15) is 0 Å². The van der Waals surface area contributed by atoms with Gasteiger partial charge in [0.2, 0.25) is 6.71 Å². The zero-order chi connectivity index (χ0) is 88.7. The molecule has 0 amide bonds. The maximum absolute atomic E-state index is 4.91. The molecule has 30 aliphatic rings. The predicted molar refractivity (Wildman–Crippen MR) is 654 cm³/mol. The molecule has 623 valence electrons. The number of allylic oxidation sites excluding steroid dienone is 2. The Kier molecular flexibility index (Phi) is 12.7. The Labute approximate surface area is 819 Å². The van der Waals surface area contributed by atoms with Gasteiger partial charge in [-0.15, -0.1) is 0 Å². The third-order valence-electron chi connectivity index (χ3n) is 48.4. The number of hydrogen-bond donors (Lipinski definition) is 3. The van der Waals surface area contributed by atoms with Crippen molar-refractivity contribution in [1.82, 2.24) is 14.6 Å². The zero-order valence-corrected chi connectivity index (χ0v) is 83.8.